The molecule has 0 radical (unpaired) electrons. The van der Waals surface area contributed by atoms with Crippen molar-refractivity contribution in [1.82, 2.24) is 14.9 Å². The number of rotatable bonds is 3. The third-order valence-electron chi connectivity index (χ3n) is 3.63. The fourth-order valence-corrected chi connectivity index (χ4v) is 3.83. The predicted octanol–water partition coefficient (Wildman–Crippen LogP) is 2.86. The number of hydrogen-bond donors (Lipinski definition) is 1. The quantitative estimate of drug-likeness (QED) is 0.948. The maximum atomic E-state index is 11.4. The Morgan fingerprint density at radius 1 is 1.50 bits per heavy atom. The zero-order valence-electron chi connectivity index (χ0n) is 11.0. The van der Waals surface area contributed by atoms with Gasteiger partial charge in [0.05, 0.1) is 16.4 Å². The topological polar surface area (TPSA) is 49.0 Å². The van der Waals surface area contributed by atoms with E-state index in [2.05, 4.69) is 20.9 Å². The standard InChI is InChI=1S/C14H16ClN3OS/c15-13-4-3-11(20-13)8-18-5-1-2-10(7-18)12-6-14(19)17-9-16-12/h3-4,6,9-10H,1-2,5,7-8H2,(H,16,17,19)/t10-/m0/s1. The van der Waals surface area contributed by atoms with Gasteiger partial charge in [-0.3, -0.25) is 9.69 Å². The van der Waals surface area contributed by atoms with Crippen LogP contribution in [0, 0.1) is 0 Å². The minimum atomic E-state index is -0.0721. The minimum Gasteiger partial charge on any atom is -0.313 e. The van der Waals surface area contributed by atoms with E-state index in [0.717, 1.165) is 42.5 Å². The number of piperidine rings is 1. The molecule has 0 spiro atoms. The van der Waals surface area contributed by atoms with Crippen molar-refractivity contribution in [3.05, 3.63) is 49.8 Å². The molecule has 3 rings (SSSR count). The molecular weight excluding hydrogens is 294 g/mol. The van der Waals surface area contributed by atoms with Gasteiger partial charge in [0.1, 0.15) is 0 Å². The van der Waals surface area contributed by atoms with Crippen molar-refractivity contribution in [3.63, 3.8) is 0 Å². The molecule has 2 aromatic rings. The SMILES string of the molecule is O=c1cc([C@H]2CCCN(Cc3ccc(Cl)s3)C2)nc[nH]1. The Labute approximate surface area is 126 Å². The zero-order valence-corrected chi connectivity index (χ0v) is 12.6. The lowest BCUT2D eigenvalue weighted by Crippen LogP contribution is -2.34. The largest absolute Gasteiger partial charge is 0.313 e. The van der Waals surface area contributed by atoms with Gasteiger partial charge in [-0.2, -0.15) is 0 Å². The van der Waals surface area contributed by atoms with Gasteiger partial charge in [0.15, 0.2) is 0 Å². The molecule has 3 heterocycles. The normalized spacial score (nSPS) is 20.1. The third kappa shape index (κ3) is 3.29. The molecule has 0 bridgehead atoms. The van der Waals surface area contributed by atoms with Crippen molar-refractivity contribution < 1.29 is 0 Å². The van der Waals surface area contributed by atoms with Crippen molar-refractivity contribution in [2.24, 2.45) is 0 Å². The summed E-state index contributed by atoms with van der Waals surface area (Å²) in [6.07, 6.45) is 3.73. The van der Waals surface area contributed by atoms with Gasteiger partial charge in [0.2, 0.25) is 0 Å². The van der Waals surface area contributed by atoms with Gasteiger partial charge in [-0.1, -0.05) is 11.6 Å². The molecule has 0 unspecified atom stereocenters. The molecule has 0 saturated carbocycles. The summed E-state index contributed by atoms with van der Waals surface area (Å²) in [7, 11) is 0. The highest BCUT2D eigenvalue weighted by atomic mass is 35.5. The number of likely N-dealkylation sites (tertiary alicyclic amines) is 1. The van der Waals surface area contributed by atoms with E-state index >= 15 is 0 Å². The summed E-state index contributed by atoms with van der Waals surface area (Å²) in [6, 6.07) is 5.65. The molecular formula is C14H16ClN3OS. The molecule has 1 fully saturated rings. The van der Waals surface area contributed by atoms with Gasteiger partial charge < -0.3 is 4.98 Å². The number of H-pyrrole nitrogens is 1. The number of aromatic nitrogens is 2. The molecule has 1 atom stereocenters. The van der Waals surface area contributed by atoms with Gasteiger partial charge in [-0.15, -0.1) is 11.3 Å². The van der Waals surface area contributed by atoms with E-state index in [1.165, 1.54) is 11.2 Å². The second kappa shape index (κ2) is 6.08. The number of nitrogens with one attached hydrogen (secondary N) is 1. The Morgan fingerprint density at radius 3 is 3.15 bits per heavy atom. The zero-order chi connectivity index (χ0) is 13.9. The average Bonchev–Trinajstić information content (AvgIpc) is 2.84. The average molecular weight is 310 g/mol. The van der Waals surface area contributed by atoms with Crippen LogP contribution in [0.4, 0.5) is 0 Å². The van der Waals surface area contributed by atoms with Crippen LogP contribution in [0.3, 0.4) is 0 Å². The first-order valence-corrected chi connectivity index (χ1v) is 7.91. The summed E-state index contributed by atoms with van der Waals surface area (Å²) in [4.78, 5) is 22.0. The molecule has 106 valence electrons. The Morgan fingerprint density at radius 2 is 2.40 bits per heavy atom. The molecule has 0 aromatic carbocycles. The lowest BCUT2D eigenvalue weighted by molar-refractivity contribution is 0.200. The first-order chi connectivity index (χ1) is 9.70. The van der Waals surface area contributed by atoms with E-state index in [-0.39, 0.29) is 5.56 Å². The first-order valence-electron chi connectivity index (χ1n) is 6.72. The molecule has 1 saturated heterocycles. The molecule has 1 N–H and O–H groups in total. The van der Waals surface area contributed by atoms with Gasteiger partial charge in [0, 0.05) is 30.0 Å². The van der Waals surface area contributed by atoms with E-state index < -0.39 is 0 Å². The van der Waals surface area contributed by atoms with Crippen molar-refractivity contribution in [2.45, 2.75) is 25.3 Å². The molecule has 6 heteroatoms. The number of nitrogens with zero attached hydrogens (tertiary/aromatic N) is 2. The maximum Gasteiger partial charge on any atom is 0.250 e. The molecule has 2 aromatic heterocycles. The van der Waals surface area contributed by atoms with E-state index in [1.54, 1.807) is 17.4 Å². The Hall–Kier alpha value is -1.17. The van der Waals surface area contributed by atoms with Crippen LogP contribution in [0.25, 0.3) is 0 Å². The fraction of sp³-hybridized carbons (Fsp3) is 0.429. The van der Waals surface area contributed by atoms with Crippen molar-refractivity contribution >= 4 is 22.9 Å². The van der Waals surface area contributed by atoms with Gasteiger partial charge in [-0.25, -0.2) is 4.98 Å². The maximum absolute atomic E-state index is 11.4. The van der Waals surface area contributed by atoms with E-state index in [9.17, 15) is 4.79 Å². The smallest absolute Gasteiger partial charge is 0.250 e. The summed E-state index contributed by atoms with van der Waals surface area (Å²) in [5, 5.41) is 0. The van der Waals surface area contributed by atoms with E-state index in [4.69, 9.17) is 11.6 Å². The Kier molecular flexibility index (Phi) is 4.19. The summed E-state index contributed by atoms with van der Waals surface area (Å²) in [6.45, 7) is 2.97. The lowest BCUT2D eigenvalue weighted by atomic mass is 9.94. The monoisotopic (exact) mass is 309 g/mol. The molecule has 1 aliphatic heterocycles. The van der Waals surface area contributed by atoms with Gasteiger partial charge in [-0.05, 0) is 31.5 Å². The number of hydrogen-bond acceptors (Lipinski definition) is 4. The lowest BCUT2D eigenvalue weighted by Gasteiger charge is -2.31. The van der Waals surface area contributed by atoms with Crippen LogP contribution in [-0.2, 0) is 6.54 Å². The molecule has 1 aliphatic rings. The van der Waals surface area contributed by atoms with Crippen LogP contribution in [0.1, 0.15) is 29.3 Å². The molecule has 20 heavy (non-hydrogen) atoms. The highest BCUT2D eigenvalue weighted by molar-refractivity contribution is 7.16. The summed E-state index contributed by atoms with van der Waals surface area (Å²) in [5.41, 5.74) is 0.833. The first kappa shape index (κ1) is 13.8. The van der Waals surface area contributed by atoms with Crippen LogP contribution < -0.4 is 5.56 Å². The molecule has 0 amide bonds. The second-order valence-corrected chi connectivity index (χ2v) is 6.92. The van der Waals surface area contributed by atoms with Gasteiger partial charge in [0.25, 0.3) is 5.56 Å². The van der Waals surface area contributed by atoms with E-state index in [0.29, 0.717) is 5.92 Å². The summed E-state index contributed by atoms with van der Waals surface area (Å²) in [5.74, 6) is 0.349. The van der Waals surface area contributed by atoms with Crippen LogP contribution in [-0.4, -0.2) is 28.0 Å². The second-order valence-electron chi connectivity index (χ2n) is 5.12. The van der Waals surface area contributed by atoms with Crippen LogP contribution in [0.2, 0.25) is 4.34 Å². The van der Waals surface area contributed by atoms with Crippen molar-refractivity contribution in [3.8, 4) is 0 Å². The summed E-state index contributed by atoms with van der Waals surface area (Å²) >= 11 is 7.61. The highest BCUT2D eigenvalue weighted by Gasteiger charge is 2.22. The van der Waals surface area contributed by atoms with Crippen LogP contribution in [0.15, 0.2) is 29.3 Å². The Bertz CT molecular complexity index is 639. The van der Waals surface area contributed by atoms with Crippen molar-refractivity contribution in [1.29, 1.82) is 0 Å². The molecule has 0 aliphatic carbocycles. The van der Waals surface area contributed by atoms with Gasteiger partial charge >= 0.3 is 0 Å². The number of aromatic amines is 1. The minimum absolute atomic E-state index is 0.0721. The van der Waals surface area contributed by atoms with E-state index in [1.807, 2.05) is 6.07 Å². The highest BCUT2D eigenvalue weighted by Crippen LogP contribution is 2.28. The fourth-order valence-electron chi connectivity index (χ4n) is 2.70. The Balaban J connectivity index is 1.68. The third-order valence-corrected chi connectivity index (χ3v) is 4.85. The van der Waals surface area contributed by atoms with Crippen LogP contribution in [0.5, 0.6) is 0 Å². The van der Waals surface area contributed by atoms with Crippen LogP contribution >= 0.6 is 22.9 Å². The number of halogens is 1. The van der Waals surface area contributed by atoms with Crippen molar-refractivity contribution in [2.75, 3.05) is 13.1 Å². The number of thiophene rings is 1. The predicted molar refractivity (Wildman–Crippen MR) is 81.4 cm³/mol. The molecule has 4 nitrogen and oxygen atoms in total. The summed E-state index contributed by atoms with van der Waals surface area (Å²) < 4.78 is 0.838.